The fourth-order valence-corrected chi connectivity index (χ4v) is 1.91. The summed E-state index contributed by atoms with van der Waals surface area (Å²) in [5.74, 6) is -0.290. The second-order valence-electron chi connectivity index (χ2n) is 4.26. The number of carbonyl (C=O) groups is 1. The van der Waals surface area contributed by atoms with Crippen LogP contribution in [0.25, 0.3) is 0 Å². The monoisotopic (exact) mass is 237 g/mol. The molecule has 92 valence electrons. The lowest BCUT2D eigenvalue weighted by Crippen LogP contribution is -2.39. The van der Waals surface area contributed by atoms with Gasteiger partial charge in [0.25, 0.3) is 0 Å². The fraction of sp³-hybridized carbons (Fsp3) is 0.462. The molecule has 17 heavy (non-hydrogen) atoms. The molecule has 1 aromatic carbocycles. The van der Waals surface area contributed by atoms with Crippen LogP contribution in [-0.2, 0) is 16.0 Å². The number of ether oxygens (including phenoxy) is 1. The molecule has 1 aliphatic heterocycles. The molecule has 1 aromatic rings. The van der Waals surface area contributed by atoms with E-state index in [0.717, 1.165) is 18.4 Å². The third-order valence-corrected chi connectivity index (χ3v) is 2.86. The summed E-state index contributed by atoms with van der Waals surface area (Å²) < 4.78 is 17.9. The molecule has 0 aromatic heterocycles. The number of rotatable bonds is 3. The van der Waals surface area contributed by atoms with Gasteiger partial charge in [-0.2, -0.15) is 0 Å². The Hall–Kier alpha value is -1.42. The molecule has 0 atom stereocenters. The Balaban J connectivity index is 1.82. The number of nitrogens with one attached hydrogen (secondary N) is 1. The number of halogens is 1. The maximum absolute atomic E-state index is 12.7. The van der Waals surface area contributed by atoms with Crippen LogP contribution in [-0.4, -0.2) is 25.2 Å². The van der Waals surface area contributed by atoms with Crippen LogP contribution < -0.4 is 5.32 Å². The van der Waals surface area contributed by atoms with Gasteiger partial charge in [-0.3, -0.25) is 4.79 Å². The first-order valence-corrected chi connectivity index (χ1v) is 5.85. The smallest absolute Gasteiger partial charge is 0.224 e. The highest BCUT2D eigenvalue weighted by Gasteiger charge is 2.15. The standard InChI is InChI=1S/C13H16FNO2/c14-11-3-1-10(2-4-11)9-13(16)15-12-5-7-17-8-6-12/h1-4,12H,5-9H2,(H,15,16). The van der Waals surface area contributed by atoms with Gasteiger partial charge in [-0.25, -0.2) is 4.39 Å². The molecular formula is C13H16FNO2. The molecule has 1 N–H and O–H groups in total. The summed E-state index contributed by atoms with van der Waals surface area (Å²) in [6.45, 7) is 1.42. The van der Waals surface area contributed by atoms with Crippen molar-refractivity contribution in [2.75, 3.05) is 13.2 Å². The molecule has 0 radical (unpaired) electrons. The van der Waals surface area contributed by atoms with Crippen molar-refractivity contribution in [2.24, 2.45) is 0 Å². The second-order valence-corrected chi connectivity index (χ2v) is 4.26. The molecule has 1 fully saturated rings. The van der Waals surface area contributed by atoms with Gasteiger partial charge in [0.15, 0.2) is 0 Å². The van der Waals surface area contributed by atoms with Gasteiger partial charge in [-0.15, -0.1) is 0 Å². The Kier molecular flexibility index (Phi) is 4.09. The highest BCUT2D eigenvalue weighted by molar-refractivity contribution is 5.78. The topological polar surface area (TPSA) is 38.3 Å². The zero-order chi connectivity index (χ0) is 12.1. The lowest BCUT2D eigenvalue weighted by atomic mass is 10.1. The van der Waals surface area contributed by atoms with Crippen molar-refractivity contribution in [3.63, 3.8) is 0 Å². The summed E-state index contributed by atoms with van der Waals surface area (Å²) in [5.41, 5.74) is 0.830. The van der Waals surface area contributed by atoms with Crippen LogP contribution in [0.4, 0.5) is 4.39 Å². The van der Waals surface area contributed by atoms with E-state index in [1.165, 1.54) is 12.1 Å². The van der Waals surface area contributed by atoms with E-state index in [2.05, 4.69) is 5.32 Å². The predicted octanol–water partition coefficient (Wildman–Crippen LogP) is 1.66. The first kappa shape index (κ1) is 12.0. The quantitative estimate of drug-likeness (QED) is 0.868. The Morgan fingerprint density at radius 1 is 1.29 bits per heavy atom. The van der Waals surface area contributed by atoms with Gasteiger partial charge in [0.05, 0.1) is 6.42 Å². The van der Waals surface area contributed by atoms with E-state index in [-0.39, 0.29) is 17.8 Å². The fourth-order valence-electron chi connectivity index (χ4n) is 1.91. The van der Waals surface area contributed by atoms with Crippen molar-refractivity contribution in [3.05, 3.63) is 35.6 Å². The summed E-state index contributed by atoms with van der Waals surface area (Å²) in [6.07, 6.45) is 2.04. The SMILES string of the molecule is O=C(Cc1ccc(F)cc1)NC1CCOCC1. The van der Waals surface area contributed by atoms with Gasteiger partial charge in [0.1, 0.15) is 5.82 Å². The zero-order valence-corrected chi connectivity index (χ0v) is 9.62. The molecule has 2 rings (SSSR count). The van der Waals surface area contributed by atoms with E-state index < -0.39 is 0 Å². The minimum Gasteiger partial charge on any atom is -0.381 e. The number of carbonyl (C=O) groups excluding carboxylic acids is 1. The van der Waals surface area contributed by atoms with E-state index in [4.69, 9.17) is 4.74 Å². The molecule has 0 spiro atoms. The Morgan fingerprint density at radius 2 is 1.94 bits per heavy atom. The summed E-state index contributed by atoms with van der Waals surface area (Å²) in [7, 11) is 0. The zero-order valence-electron chi connectivity index (χ0n) is 9.62. The van der Waals surface area contributed by atoms with Crippen LogP contribution in [0, 0.1) is 5.82 Å². The molecule has 1 aliphatic rings. The minimum atomic E-state index is -0.279. The van der Waals surface area contributed by atoms with Crippen molar-refractivity contribution >= 4 is 5.91 Å². The molecule has 0 aliphatic carbocycles. The van der Waals surface area contributed by atoms with Crippen LogP contribution in [0.15, 0.2) is 24.3 Å². The van der Waals surface area contributed by atoms with Crippen molar-refractivity contribution in [3.8, 4) is 0 Å². The Morgan fingerprint density at radius 3 is 2.59 bits per heavy atom. The molecule has 1 heterocycles. The largest absolute Gasteiger partial charge is 0.381 e. The first-order chi connectivity index (χ1) is 8.24. The van der Waals surface area contributed by atoms with Crippen LogP contribution >= 0.6 is 0 Å². The molecule has 3 nitrogen and oxygen atoms in total. The van der Waals surface area contributed by atoms with Gasteiger partial charge >= 0.3 is 0 Å². The van der Waals surface area contributed by atoms with Crippen molar-refractivity contribution < 1.29 is 13.9 Å². The Bertz CT molecular complexity index is 372. The van der Waals surface area contributed by atoms with Gasteiger partial charge in [0.2, 0.25) is 5.91 Å². The number of hydrogen-bond acceptors (Lipinski definition) is 2. The molecule has 0 unspecified atom stereocenters. The molecule has 1 amide bonds. The van der Waals surface area contributed by atoms with E-state index in [1.54, 1.807) is 12.1 Å². The number of amides is 1. The maximum atomic E-state index is 12.7. The summed E-state index contributed by atoms with van der Waals surface area (Å²) >= 11 is 0. The maximum Gasteiger partial charge on any atom is 0.224 e. The van der Waals surface area contributed by atoms with E-state index in [9.17, 15) is 9.18 Å². The van der Waals surface area contributed by atoms with Gasteiger partial charge < -0.3 is 10.1 Å². The van der Waals surface area contributed by atoms with E-state index in [1.807, 2.05) is 0 Å². The lowest BCUT2D eigenvalue weighted by Gasteiger charge is -2.23. The molecule has 1 saturated heterocycles. The molecular weight excluding hydrogens is 221 g/mol. The summed E-state index contributed by atoms with van der Waals surface area (Å²) in [6, 6.07) is 6.24. The van der Waals surface area contributed by atoms with Gasteiger partial charge in [0, 0.05) is 19.3 Å². The van der Waals surface area contributed by atoms with Gasteiger partial charge in [-0.05, 0) is 30.5 Å². The van der Waals surface area contributed by atoms with Crippen LogP contribution in [0.3, 0.4) is 0 Å². The molecule has 0 bridgehead atoms. The molecule has 0 saturated carbocycles. The van der Waals surface area contributed by atoms with E-state index in [0.29, 0.717) is 19.6 Å². The van der Waals surface area contributed by atoms with Crippen LogP contribution in [0.2, 0.25) is 0 Å². The minimum absolute atomic E-state index is 0.0106. The third kappa shape index (κ3) is 3.82. The van der Waals surface area contributed by atoms with Gasteiger partial charge in [-0.1, -0.05) is 12.1 Å². The highest BCUT2D eigenvalue weighted by Crippen LogP contribution is 2.07. The lowest BCUT2D eigenvalue weighted by molar-refractivity contribution is -0.121. The van der Waals surface area contributed by atoms with Crippen LogP contribution in [0.1, 0.15) is 18.4 Å². The third-order valence-electron chi connectivity index (χ3n) is 2.86. The van der Waals surface area contributed by atoms with Crippen molar-refractivity contribution in [1.29, 1.82) is 0 Å². The normalized spacial score (nSPS) is 16.8. The average molecular weight is 237 g/mol. The van der Waals surface area contributed by atoms with Crippen molar-refractivity contribution in [2.45, 2.75) is 25.3 Å². The highest BCUT2D eigenvalue weighted by atomic mass is 19.1. The predicted molar refractivity (Wildman–Crippen MR) is 62.1 cm³/mol. The first-order valence-electron chi connectivity index (χ1n) is 5.85. The summed E-state index contributed by atoms with van der Waals surface area (Å²) in [4.78, 5) is 11.7. The van der Waals surface area contributed by atoms with Crippen LogP contribution in [0.5, 0.6) is 0 Å². The average Bonchev–Trinajstić information content (AvgIpc) is 2.33. The summed E-state index contributed by atoms with van der Waals surface area (Å²) in [5, 5.41) is 2.97. The number of hydrogen-bond donors (Lipinski definition) is 1. The van der Waals surface area contributed by atoms with E-state index >= 15 is 0 Å². The molecule has 4 heteroatoms. The second kappa shape index (κ2) is 5.77. The Labute approximate surface area is 100.0 Å². The number of benzene rings is 1. The van der Waals surface area contributed by atoms with Crippen molar-refractivity contribution in [1.82, 2.24) is 5.32 Å².